The van der Waals surface area contributed by atoms with Gasteiger partial charge in [0, 0.05) is 0 Å². The molecule has 0 aliphatic heterocycles. The summed E-state index contributed by atoms with van der Waals surface area (Å²) in [7, 11) is -4.64. The second-order valence-corrected chi connectivity index (χ2v) is 6.66. The Kier molecular flexibility index (Phi) is 5.35. The number of hydrogen-bond donors (Lipinski definition) is 3. The normalized spacial score (nSPS) is 11.0. The molecule has 0 atom stereocenters. The lowest BCUT2D eigenvalue weighted by atomic mass is 10.1. The van der Waals surface area contributed by atoms with E-state index in [9.17, 15) is 0 Å². The van der Waals surface area contributed by atoms with Crippen molar-refractivity contribution in [1.29, 1.82) is 0 Å². The van der Waals surface area contributed by atoms with Crippen LogP contribution >= 0.6 is 7.82 Å². The van der Waals surface area contributed by atoms with Gasteiger partial charge in [0.1, 0.15) is 11.5 Å². The predicted octanol–water partition coefficient (Wildman–Crippen LogP) is 4.86. The summed E-state index contributed by atoms with van der Waals surface area (Å²) in [6.07, 6.45) is 0. The van der Waals surface area contributed by atoms with E-state index in [2.05, 4.69) is 48.5 Å². The Labute approximate surface area is 150 Å². The largest absolute Gasteiger partial charge is 0.466 e. The first-order chi connectivity index (χ1) is 12.4. The number of ether oxygens (including phenoxy) is 1. The van der Waals surface area contributed by atoms with Crippen molar-refractivity contribution in [3.8, 4) is 11.5 Å². The Balaban J connectivity index is 0.000000349. The summed E-state index contributed by atoms with van der Waals surface area (Å²) in [5.41, 5.74) is 0. The molecule has 0 radical (unpaired) electrons. The summed E-state index contributed by atoms with van der Waals surface area (Å²) in [6.45, 7) is 0. The Hall–Kier alpha value is -2.69. The molecule has 3 N–H and O–H groups in total. The molecule has 0 amide bonds. The first kappa shape index (κ1) is 18.1. The summed E-state index contributed by atoms with van der Waals surface area (Å²) in [5, 5.41) is 4.83. The lowest BCUT2D eigenvalue weighted by Crippen LogP contribution is -1.84. The Bertz CT molecular complexity index is 1000. The van der Waals surface area contributed by atoms with Crippen LogP contribution in [-0.2, 0) is 4.57 Å². The highest BCUT2D eigenvalue weighted by atomic mass is 31.2. The average Bonchev–Trinajstić information content (AvgIpc) is 2.60. The zero-order valence-corrected chi connectivity index (χ0v) is 14.6. The molecule has 0 aliphatic carbocycles. The molecule has 0 bridgehead atoms. The first-order valence-corrected chi connectivity index (χ1v) is 9.39. The number of benzene rings is 4. The molecular weight excluding hydrogens is 351 g/mol. The van der Waals surface area contributed by atoms with Crippen molar-refractivity contribution in [2.75, 3.05) is 0 Å². The van der Waals surface area contributed by atoms with Gasteiger partial charge in [-0.3, -0.25) is 0 Å². The van der Waals surface area contributed by atoms with Crippen LogP contribution in [0.3, 0.4) is 0 Å². The average molecular weight is 368 g/mol. The second kappa shape index (κ2) is 7.68. The van der Waals surface area contributed by atoms with Crippen LogP contribution < -0.4 is 4.74 Å². The smallest absolute Gasteiger partial charge is 0.457 e. The van der Waals surface area contributed by atoms with Gasteiger partial charge in [-0.15, -0.1) is 0 Å². The van der Waals surface area contributed by atoms with Gasteiger partial charge in [-0.05, 0) is 45.8 Å². The minimum Gasteiger partial charge on any atom is -0.457 e. The van der Waals surface area contributed by atoms with Gasteiger partial charge in [-0.25, -0.2) is 4.57 Å². The van der Waals surface area contributed by atoms with Crippen LogP contribution in [0.5, 0.6) is 11.5 Å². The van der Waals surface area contributed by atoms with Gasteiger partial charge in [0.2, 0.25) is 0 Å². The molecule has 0 heterocycles. The maximum Gasteiger partial charge on any atom is 0.466 e. The number of fused-ring (bicyclic) bond motifs is 2. The Morgan fingerprint density at radius 2 is 0.923 bits per heavy atom. The molecule has 4 rings (SSSR count). The van der Waals surface area contributed by atoms with Crippen LogP contribution in [0, 0.1) is 0 Å². The minimum atomic E-state index is -4.64. The Morgan fingerprint density at radius 3 is 1.31 bits per heavy atom. The molecule has 0 saturated heterocycles. The molecule has 0 saturated carbocycles. The van der Waals surface area contributed by atoms with Crippen LogP contribution in [0.1, 0.15) is 0 Å². The van der Waals surface area contributed by atoms with Crippen LogP contribution in [0.25, 0.3) is 21.5 Å². The fraction of sp³-hybridized carbons (Fsp3) is 0. The highest BCUT2D eigenvalue weighted by molar-refractivity contribution is 7.45. The maximum atomic E-state index is 8.88. The molecule has 5 nitrogen and oxygen atoms in total. The van der Waals surface area contributed by atoms with Crippen molar-refractivity contribution >= 4 is 29.4 Å². The Morgan fingerprint density at radius 1 is 0.577 bits per heavy atom. The van der Waals surface area contributed by atoms with Gasteiger partial charge in [-0.1, -0.05) is 60.7 Å². The number of rotatable bonds is 2. The fourth-order valence-electron chi connectivity index (χ4n) is 2.60. The topological polar surface area (TPSA) is 87.0 Å². The molecular formula is C20H17O5P. The maximum absolute atomic E-state index is 8.88. The van der Waals surface area contributed by atoms with Crippen LogP contribution in [0.2, 0.25) is 0 Å². The van der Waals surface area contributed by atoms with Gasteiger partial charge in [0.15, 0.2) is 0 Å². The quantitative estimate of drug-likeness (QED) is 0.440. The van der Waals surface area contributed by atoms with E-state index in [1.807, 2.05) is 36.4 Å². The number of phosphoric acid groups is 1. The minimum absolute atomic E-state index is 0.865. The predicted molar refractivity (Wildman–Crippen MR) is 102 cm³/mol. The van der Waals surface area contributed by atoms with E-state index < -0.39 is 7.82 Å². The van der Waals surface area contributed by atoms with E-state index in [4.69, 9.17) is 24.0 Å². The van der Waals surface area contributed by atoms with Crippen molar-refractivity contribution in [1.82, 2.24) is 0 Å². The molecule has 0 aliphatic rings. The zero-order valence-electron chi connectivity index (χ0n) is 13.7. The fourth-order valence-corrected chi connectivity index (χ4v) is 2.60. The first-order valence-electron chi connectivity index (χ1n) is 7.82. The molecule has 26 heavy (non-hydrogen) atoms. The van der Waals surface area contributed by atoms with E-state index in [1.165, 1.54) is 21.5 Å². The van der Waals surface area contributed by atoms with Crippen molar-refractivity contribution in [3.63, 3.8) is 0 Å². The van der Waals surface area contributed by atoms with Gasteiger partial charge >= 0.3 is 7.82 Å². The van der Waals surface area contributed by atoms with Crippen LogP contribution in [-0.4, -0.2) is 14.7 Å². The standard InChI is InChI=1S/C20H14O.H3O4P/c1-3-7-17-13-19(11-9-15(17)5-1)21-20-12-10-16-6-2-4-8-18(16)14-20;1-5(2,3)4/h1-14H;(H3,1,2,3,4). The third-order valence-corrected chi connectivity index (χ3v) is 3.68. The molecule has 0 fully saturated rings. The van der Waals surface area contributed by atoms with Crippen LogP contribution in [0.4, 0.5) is 0 Å². The van der Waals surface area contributed by atoms with Crippen molar-refractivity contribution in [2.45, 2.75) is 0 Å². The van der Waals surface area contributed by atoms with E-state index in [0.29, 0.717) is 0 Å². The van der Waals surface area contributed by atoms with E-state index in [0.717, 1.165) is 11.5 Å². The summed E-state index contributed by atoms with van der Waals surface area (Å²) in [6, 6.07) is 28.9. The van der Waals surface area contributed by atoms with E-state index in [1.54, 1.807) is 0 Å². The third kappa shape index (κ3) is 5.15. The second-order valence-electron chi connectivity index (χ2n) is 5.63. The van der Waals surface area contributed by atoms with Crippen molar-refractivity contribution in [2.24, 2.45) is 0 Å². The molecule has 132 valence electrons. The summed E-state index contributed by atoms with van der Waals surface area (Å²) in [5.74, 6) is 1.73. The molecule has 4 aromatic rings. The van der Waals surface area contributed by atoms with Gasteiger partial charge < -0.3 is 19.4 Å². The van der Waals surface area contributed by atoms with Crippen LogP contribution in [0.15, 0.2) is 84.9 Å². The highest BCUT2D eigenvalue weighted by Crippen LogP contribution is 2.28. The monoisotopic (exact) mass is 368 g/mol. The molecule has 0 aromatic heterocycles. The SMILES string of the molecule is O=P(O)(O)O.c1ccc2cc(Oc3ccc4ccccc4c3)ccc2c1. The lowest BCUT2D eigenvalue weighted by Gasteiger charge is -2.08. The van der Waals surface area contributed by atoms with Crippen molar-refractivity contribution in [3.05, 3.63) is 84.9 Å². The summed E-state index contributed by atoms with van der Waals surface area (Å²) >= 11 is 0. The molecule has 4 aromatic carbocycles. The van der Waals surface area contributed by atoms with Gasteiger partial charge in [0.25, 0.3) is 0 Å². The third-order valence-electron chi connectivity index (χ3n) is 3.68. The van der Waals surface area contributed by atoms with Gasteiger partial charge in [-0.2, -0.15) is 0 Å². The highest BCUT2D eigenvalue weighted by Gasteiger charge is 2.01. The molecule has 6 heteroatoms. The molecule has 0 spiro atoms. The van der Waals surface area contributed by atoms with Crippen molar-refractivity contribution < 1.29 is 24.0 Å². The molecule has 0 unspecified atom stereocenters. The number of hydrogen-bond acceptors (Lipinski definition) is 2. The van der Waals surface area contributed by atoms with E-state index >= 15 is 0 Å². The summed E-state index contributed by atoms with van der Waals surface area (Å²) in [4.78, 5) is 21.6. The zero-order chi connectivity index (χ0) is 18.6. The summed E-state index contributed by atoms with van der Waals surface area (Å²) < 4.78 is 14.9. The lowest BCUT2D eigenvalue weighted by molar-refractivity contribution is 0.275. The van der Waals surface area contributed by atoms with E-state index in [-0.39, 0.29) is 0 Å². The van der Waals surface area contributed by atoms with Gasteiger partial charge in [0.05, 0.1) is 0 Å².